The van der Waals surface area contributed by atoms with Gasteiger partial charge in [0.2, 0.25) is 0 Å². The van der Waals surface area contributed by atoms with Crippen LogP contribution in [0.1, 0.15) is 46.5 Å². The molecule has 0 heterocycles. The number of carbonyl (C=O) groups is 1. The van der Waals surface area contributed by atoms with Crippen LogP contribution in [-0.2, 0) is 4.74 Å². The van der Waals surface area contributed by atoms with Crippen molar-refractivity contribution in [2.75, 3.05) is 5.75 Å². The molecule has 1 aromatic carbocycles. The van der Waals surface area contributed by atoms with Gasteiger partial charge in [-0.25, -0.2) is 4.79 Å². The molecule has 1 aliphatic rings. The lowest BCUT2D eigenvalue weighted by atomic mass is 9.86. The lowest BCUT2D eigenvalue weighted by Gasteiger charge is -2.32. The molecule has 1 N–H and O–H groups in total. The van der Waals surface area contributed by atoms with E-state index in [-0.39, 0.29) is 12.1 Å². The highest BCUT2D eigenvalue weighted by molar-refractivity contribution is 7.99. The van der Waals surface area contributed by atoms with Crippen molar-refractivity contribution in [3.63, 3.8) is 0 Å². The molecule has 1 aromatic rings. The normalized spacial score (nSPS) is 22.1. The van der Waals surface area contributed by atoms with Gasteiger partial charge in [-0.1, -0.05) is 31.0 Å². The first kappa shape index (κ1) is 17.2. The number of hydrogen-bond donors (Lipinski definition) is 1. The monoisotopic (exact) mass is 321 g/mol. The van der Waals surface area contributed by atoms with E-state index in [0.29, 0.717) is 5.92 Å². The Morgan fingerprint density at radius 1 is 1.23 bits per heavy atom. The molecule has 0 aliphatic heterocycles. The number of carbonyl (C=O) groups excluding carboxylic acids is 1. The fraction of sp³-hybridized carbons (Fsp3) is 0.611. The number of nitrogens with one attached hydrogen (secondary N) is 1. The second-order valence-electron chi connectivity index (χ2n) is 6.92. The van der Waals surface area contributed by atoms with E-state index in [2.05, 4.69) is 29.6 Å². The first-order chi connectivity index (χ1) is 10.4. The third-order valence-corrected chi connectivity index (χ3v) is 5.02. The van der Waals surface area contributed by atoms with Crippen LogP contribution in [0, 0.1) is 5.92 Å². The van der Waals surface area contributed by atoms with Crippen LogP contribution in [0.3, 0.4) is 0 Å². The van der Waals surface area contributed by atoms with E-state index < -0.39 is 5.60 Å². The summed E-state index contributed by atoms with van der Waals surface area (Å²) in [6, 6.07) is 10.7. The summed E-state index contributed by atoms with van der Waals surface area (Å²) in [5, 5.41) is 3.09. The molecule has 3 nitrogen and oxygen atoms in total. The van der Waals surface area contributed by atoms with Crippen molar-refractivity contribution >= 4 is 17.9 Å². The number of benzene rings is 1. The third-order valence-electron chi connectivity index (χ3n) is 3.82. The second-order valence-corrected chi connectivity index (χ2v) is 8.01. The van der Waals surface area contributed by atoms with Crippen LogP contribution < -0.4 is 5.32 Å². The van der Waals surface area contributed by atoms with Gasteiger partial charge in [0.25, 0.3) is 0 Å². The summed E-state index contributed by atoms with van der Waals surface area (Å²) in [5.41, 5.74) is -0.437. The first-order valence-electron chi connectivity index (χ1n) is 8.11. The van der Waals surface area contributed by atoms with Gasteiger partial charge in [-0.05, 0) is 51.7 Å². The maximum atomic E-state index is 12.0. The Balaban J connectivity index is 1.86. The Morgan fingerprint density at radius 3 is 2.59 bits per heavy atom. The predicted molar refractivity (Wildman–Crippen MR) is 92.3 cm³/mol. The number of ether oxygens (including phenoxy) is 1. The molecule has 0 aromatic heterocycles. The number of thioether (sulfide) groups is 1. The fourth-order valence-electron chi connectivity index (χ4n) is 2.78. The van der Waals surface area contributed by atoms with E-state index in [9.17, 15) is 4.79 Å². The largest absolute Gasteiger partial charge is 0.444 e. The highest BCUT2D eigenvalue weighted by Crippen LogP contribution is 2.30. The van der Waals surface area contributed by atoms with Crippen LogP contribution >= 0.6 is 11.8 Å². The third kappa shape index (κ3) is 5.91. The second kappa shape index (κ2) is 7.91. The van der Waals surface area contributed by atoms with Crippen LogP contribution in [-0.4, -0.2) is 23.5 Å². The van der Waals surface area contributed by atoms with Crippen molar-refractivity contribution < 1.29 is 9.53 Å². The van der Waals surface area contributed by atoms with Crippen LogP contribution in [0.5, 0.6) is 0 Å². The Bertz CT molecular complexity index is 470. The quantitative estimate of drug-likeness (QED) is 0.805. The van der Waals surface area contributed by atoms with Gasteiger partial charge in [0.05, 0.1) is 0 Å². The molecular formula is C18H27NO2S. The number of amides is 1. The molecule has 1 fully saturated rings. The molecule has 22 heavy (non-hydrogen) atoms. The zero-order valence-corrected chi connectivity index (χ0v) is 14.6. The Morgan fingerprint density at radius 2 is 1.91 bits per heavy atom. The van der Waals surface area contributed by atoms with Gasteiger partial charge in [0.15, 0.2) is 0 Å². The molecule has 122 valence electrons. The van der Waals surface area contributed by atoms with Gasteiger partial charge < -0.3 is 10.1 Å². The molecule has 4 heteroatoms. The van der Waals surface area contributed by atoms with Crippen LogP contribution in [0.2, 0.25) is 0 Å². The average Bonchev–Trinajstić information content (AvgIpc) is 2.45. The zero-order chi connectivity index (χ0) is 16.0. The Hall–Kier alpha value is -1.16. The Labute approximate surface area is 138 Å². The minimum absolute atomic E-state index is 0.236. The molecule has 2 rings (SSSR count). The van der Waals surface area contributed by atoms with Gasteiger partial charge in [0, 0.05) is 16.7 Å². The highest BCUT2D eigenvalue weighted by Gasteiger charge is 2.28. The first-order valence-corrected chi connectivity index (χ1v) is 9.10. The molecular weight excluding hydrogens is 294 g/mol. The molecule has 1 amide bonds. The van der Waals surface area contributed by atoms with Crippen molar-refractivity contribution in [3.05, 3.63) is 30.3 Å². The van der Waals surface area contributed by atoms with E-state index in [1.54, 1.807) is 0 Å². The van der Waals surface area contributed by atoms with E-state index in [1.807, 2.05) is 38.6 Å². The minimum atomic E-state index is -0.437. The molecule has 1 saturated carbocycles. The average molecular weight is 321 g/mol. The van der Waals surface area contributed by atoms with E-state index in [4.69, 9.17) is 4.74 Å². The summed E-state index contributed by atoms with van der Waals surface area (Å²) in [7, 11) is 0. The van der Waals surface area contributed by atoms with Gasteiger partial charge >= 0.3 is 6.09 Å². The van der Waals surface area contributed by atoms with Gasteiger partial charge in [-0.15, -0.1) is 11.8 Å². The van der Waals surface area contributed by atoms with Crippen molar-refractivity contribution in [3.8, 4) is 0 Å². The van der Waals surface area contributed by atoms with Gasteiger partial charge in [-0.2, -0.15) is 0 Å². The topological polar surface area (TPSA) is 38.3 Å². The smallest absolute Gasteiger partial charge is 0.407 e. The SMILES string of the molecule is CC(C)(C)OC(=O)NC1CCCCC1CSc1ccccc1. The summed E-state index contributed by atoms with van der Waals surface area (Å²) in [5.74, 6) is 1.57. The fourth-order valence-corrected chi connectivity index (χ4v) is 3.93. The molecule has 0 spiro atoms. The maximum absolute atomic E-state index is 12.0. The van der Waals surface area contributed by atoms with Crippen LogP contribution in [0.15, 0.2) is 35.2 Å². The molecule has 2 atom stereocenters. The number of rotatable bonds is 4. The van der Waals surface area contributed by atoms with Crippen molar-refractivity contribution in [1.29, 1.82) is 0 Å². The predicted octanol–water partition coefficient (Wildman–Crippen LogP) is 4.86. The lowest BCUT2D eigenvalue weighted by Crippen LogP contribution is -2.45. The molecule has 1 aliphatic carbocycles. The maximum Gasteiger partial charge on any atom is 0.407 e. The van der Waals surface area contributed by atoms with Crippen molar-refractivity contribution in [2.45, 2.75) is 63.0 Å². The van der Waals surface area contributed by atoms with E-state index in [1.165, 1.54) is 24.2 Å². The minimum Gasteiger partial charge on any atom is -0.444 e. The summed E-state index contributed by atoms with van der Waals surface area (Å²) < 4.78 is 5.39. The van der Waals surface area contributed by atoms with E-state index in [0.717, 1.165) is 12.2 Å². The highest BCUT2D eigenvalue weighted by atomic mass is 32.2. The molecule has 0 bridgehead atoms. The molecule has 0 radical (unpaired) electrons. The molecule has 2 unspecified atom stereocenters. The number of hydrogen-bond acceptors (Lipinski definition) is 3. The van der Waals surface area contributed by atoms with Gasteiger partial charge in [-0.3, -0.25) is 0 Å². The van der Waals surface area contributed by atoms with Crippen LogP contribution in [0.4, 0.5) is 4.79 Å². The summed E-state index contributed by atoms with van der Waals surface area (Å²) in [6.45, 7) is 5.70. The lowest BCUT2D eigenvalue weighted by molar-refractivity contribution is 0.0474. The number of alkyl carbamates (subject to hydrolysis) is 1. The zero-order valence-electron chi connectivity index (χ0n) is 13.8. The standard InChI is InChI=1S/C18H27NO2S/c1-18(2,3)21-17(20)19-16-12-8-7-9-14(16)13-22-15-10-5-4-6-11-15/h4-6,10-11,14,16H,7-9,12-13H2,1-3H3,(H,19,20). The van der Waals surface area contributed by atoms with E-state index >= 15 is 0 Å². The van der Waals surface area contributed by atoms with Crippen LogP contribution in [0.25, 0.3) is 0 Å². The van der Waals surface area contributed by atoms with Gasteiger partial charge in [0.1, 0.15) is 5.60 Å². The molecule has 0 saturated heterocycles. The van der Waals surface area contributed by atoms with Crippen molar-refractivity contribution in [2.24, 2.45) is 5.92 Å². The summed E-state index contributed by atoms with van der Waals surface area (Å²) in [4.78, 5) is 13.3. The summed E-state index contributed by atoms with van der Waals surface area (Å²) >= 11 is 1.88. The Kier molecular flexibility index (Phi) is 6.18. The van der Waals surface area contributed by atoms with Crippen molar-refractivity contribution in [1.82, 2.24) is 5.32 Å². The summed E-state index contributed by atoms with van der Waals surface area (Å²) in [6.07, 6.45) is 4.40.